The van der Waals surface area contributed by atoms with Gasteiger partial charge in [-0.1, -0.05) is 13.0 Å². The summed E-state index contributed by atoms with van der Waals surface area (Å²) in [7, 11) is 1.63. The molecule has 1 aromatic heterocycles. The van der Waals surface area contributed by atoms with Crippen molar-refractivity contribution in [2.75, 3.05) is 53.0 Å². The molecular weight excluding hydrogens is 280 g/mol. The minimum Gasteiger partial charge on any atom is -0.382 e. The molecule has 2 heterocycles. The molecule has 1 saturated heterocycles. The molecule has 22 heavy (non-hydrogen) atoms. The fourth-order valence-electron chi connectivity index (χ4n) is 2.66. The first-order valence-electron chi connectivity index (χ1n) is 7.87. The zero-order valence-corrected chi connectivity index (χ0v) is 13.5. The largest absolute Gasteiger partial charge is 0.382 e. The number of nitrogens with one attached hydrogen (secondary N) is 1. The molecule has 0 bridgehead atoms. The Morgan fingerprint density at radius 1 is 1.32 bits per heavy atom. The number of carbonyl (C=O) groups excluding carboxylic acids is 1. The van der Waals surface area contributed by atoms with Crippen LogP contribution in [0.2, 0.25) is 0 Å². The third kappa shape index (κ3) is 5.05. The van der Waals surface area contributed by atoms with Gasteiger partial charge < -0.3 is 15.0 Å². The molecule has 1 atom stereocenters. The van der Waals surface area contributed by atoms with Crippen LogP contribution in [0.5, 0.6) is 0 Å². The number of hydrogen-bond acceptors (Lipinski definition) is 5. The topological polar surface area (TPSA) is 57.7 Å². The van der Waals surface area contributed by atoms with Crippen molar-refractivity contribution in [2.24, 2.45) is 0 Å². The van der Waals surface area contributed by atoms with Gasteiger partial charge in [0.1, 0.15) is 0 Å². The Balaban J connectivity index is 1.84. The molecule has 6 heteroatoms. The first-order chi connectivity index (χ1) is 10.7. The minimum absolute atomic E-state index is 0.0256. The molecule has 0 spiro atoms. The molecule has 1 N–H and O–H groups in total. The standard InChI is InChI=1S/C16H26N4O2/c1-3-19-8-10-20(11-9-19)12-16(21)18-15(13-22-2)14-6-4-5-7-17-14/h4-7,15H,3,8-13H2,1-2H3,(H,18,21)/t15-/m1/s1. The second kappa shape index (κ2) is 8.82. The van der Waals surface area contributed by atoms with E-state index in [0.29, 0.717) is 13.2 Å². The molecule has 0 aliphatic carbocycles. The Morgan fingerprint density at radius 2 is 2.05 bits per heavy atom. The van der Waals surface area contributed by atoms with E-state index in [2.05, 4.69) is 27.0 Å². The molecule has 122 valence electrons. The lowest BCUT2D eigenvalue weighted by Crippen LogP contribution is -2.49. The molecule has 6 nitrogen and oxygen atoms in total. The van der Waals surface area contributed by atoms with Gasteiger partial charge in [0.2, 0.25) is 5.91 Å². The highest BCUT2D eigenvalue weighted by molar-refractivity contribution is 5.78. The highest BCUT2D eigenvalue weighted by atomic mass is 16.5. The number of likely N-dealkylation sites (N-methyl/N-ethyl adjacent to an activating group) is 1. The van der Waals surface area contributed by atoms with Crippen LogP contribution in [0.15, 0.2) is 24.4 Å². The lowest BCUT2D eigenvalue weighted by Gasteiger charge is -2.33. The number of carbonyl (C=O) groups is 1. The number of nitrogens with zero attached hydrogens (tertiary/aromatic N) is 3. The molecule has 0 aromatic carbocycles. The van der Waals surface area contributed by atoms with Crippen LogP contribution in [-0.4, -0.2) is 73.7 Å². The van der Waals surface area contributed by atoms with E-state index in [1.807, 2.05) is 18.2 Å². The van der Waals surface area contributed by atoms with E-state index < -0.39 is 0 Å². The van der Waals surface area contributed by atoms with Gasteiger partial charge >= 0.3 is 0 Å². The van der Waals surface area contributed by atoms with Gasteiger partial charge in [0, 0.05) is 39.5 Å². The Morgan fingerprint density at radius 3 is 2.64 bits per heavy atom. The van der Waals surface area contributed by atoms with Crippen molar-refractivity contribution in [3.63, 3.8) is 0 Å². The number of ether oxygens (including phenoxy) is 1. The average Bonchev–Trinajstić information content (AvgIpc) is 2.56. The van der Waals surface area contributed by atoms with E-state index in [4.69, 9.17) is 4.74 Å². The Bertz CT molecular complexity index is 447. The Hall–Kier alpha value is -1.50. The maximum Gasteiger partial charge on any atom is 0.234 e. The molecule has 0 unspecified atom stereocenters. The summed E-state index contributed by atoms with van der Waals surface area (Å²) in [5.74, 6) is 0.0256. The van der Waals surface area contributed by atoms with E-state index in [1.54, 1.807) is 13.3 Å². The zero-order chi connectivity index (χ0) is 15.8. The Kier molecular flexibility index (Phi) is 6.76. The van der Waals surface area contributed by atoms with Crippen LogP contribution in [0.4, 0.5) is 0 Å². The molecule has 0 saturated carbocycles. The molecule has 1 aromatic rings. The van der Waals surface area contributed by atoms with Crippen molar-refractivity contribution >= 4 is 5.91 Å². The summed E-state index contributed by atoms with van der Waals surface area (Å²) in [6, 6.07) is 5.49. The lowest BCUT2D eigenvalue weighted by atomic mass is 10.2. The second-order valence-corrected chi connectivity index (χ2v) is 5.54. The molecular formula is C16H26N4O2. The van der Waals surface area contributed by atoms with Gasteiger partial charge in [-0.05, 0) is 18.7 Å². The summed E-state index contributed by atoms with van der Waals surface area (Å²) in [6.45, 7) is 8.06. The summed E-state index contributed by atoms with van der Waals surface area (Å²) in [5, 5.41) is 3.03. The number of aromatic nitrogens is 1. The van der Waals surface area contributed by atoms with E-state index >= 15 is 0 Å². The first kappa shape index (κ1) is 16.9. The van der Waals surface area contributed by atoms with Crippen LogP contribution < -0.4 is 5.32 Å². The minimum atomic E-state index is -0.198. The van der Waals surface area contributed by atoms with Crippen LogP contribution in [-0.2, 0) is 9.53 Å². The number of piperazine rings is 1. The van der Waals surface area contributed by atoms with Gasteiger partial charge in [-0.15, -0.1) is 0 Å². The predicted octanol–water partition coefficient (Wildman–Crippen LogP) is 0.523. The van der Waals surface area contributed by atoms with Gasteiger partial charge in [0.25, 0.3) is 0 Å². The van der Waals surface area contributed by atoms with Crippen LogP contribution in [0, 0.1) is 0 Å². The van der Waals surface area contributed by atoms with Gasteiger partial charge in [0.05, 0.1) is 24.9 Å². The molecule has 1 aliphatic heterocycles. The quantitative estimate of drug-likeness (QED) is 0.796. The average molecular weight is 306 g/mol. The van der Waals surface area contributed by atoms with Gasteiger partial charge in [-0.25, -0.2) is 0 Å². The normalized spacial score (nSPS) is 18.1. The van der Waals surface area contributed by atoms with Crippen LogP contribution >= 0.6 is 0 Å². The van der Waals surface area contributed by atoms with Crippen molar-refractivity contribution < 1.29 is 9.53 Å². The fourth-order valence-corrected chi connectivity index (χ4v) is 2.66. The number of amides is 1. The maximum atomic E-state index is 12.3. The van der Waals surface area contributed by atoms with Crippen molar-refractivity contribution in [3.05, 3.63) is 30.1 Å². The number of hydrogen-bond donors (Lipinski definition) is 1. The third-order valence-corrected chi connectivity index (χ3v) is 3.99. The van der Waals surface area contributed by atoms with E-state index in [1.165, 1.54) is 0 Å². The van der Waals surface area contributed by atoms with Crippen LogP contribution in [0.25, 0.3) is 0 Å². The molecule has 2 rings (SSSR count). The fraction of sp³-hybridized carbons (Fsp3) is 0.625. The smallest absolute Gasteiger partial charge is 0.234 e. The maximum absolute atomic E-state index is 12.3. The van der Waals surface area contributed by atoms with E-state index in [-0.39, 0.29) is 11.9 Å². The van der Waals surface area contributed by atoms with Crippen LogP contribution in [0.1, 0.15) is 18.7 Å². The van der Waals surface area contributed by atoms with E-state index in [9.17, 15) is 4.79 Å². The predicted molar refractivity (Wildman–Crippen MR) is 85.6 cm³/mol. The van der Waals surface area contributed by atoms with Crippen molar-refractivity contribution in [3.8, 4) is 0 Å². The van der Waals surface area contributed by atoms with Crippen LogP contribution in [0.3, 0.4) is 0 Å². The van der Waals surface area contributed by atoms with Crippen molar-refractivity contribution in [2.45, 2.75) is 13.0 Å². The Labute approximate surface area is 132 Å². The van der Waals surface area contributed by atoms with Gasteiger partial charge in [-0.3, -0.25) is 14.7 Å². The highest BCUT2D eigenvalue weighted by Crippen LogP contribution is 2.10. The van der Waals surface area contributed by atoms with Crippen molar-refractivity contribution in [1.29, 1.82) is 0 Å². The monoisotopic (exact) mass is 306 g/mol. The summed E-state index contributed by atoms with van der Waals surface area (Å²) < 4.78 is 5.20. The third-order valence-electron chi connectivity index (χ3n) is 3.99. The molecule has 0 radical (unpaired) electrons. The number of pyridine rings is 1. The van der Waals surface area contributed by atoms with Gasteiger partial charge in [-0.2, -0.15) is 0 Å². The summed E-state index contributed by atoms with van der Waals surface area (Å²) in [4.78, 5) is 21.2. The molecule has 1 fully saturated rings. The zero-order valence-electron chi connectivity index (χ0n) is 13.5. The van der Waals surface area contributed by atoms with Gasteiger partial charge in [0.15, 0.2) is 0 Å². The summed E-state index contributed by atoms with van der Waals surface area (Å²) >= 11 is 0. The first-order valence-corrected chi connectivity index (χ1v) is 7.87. The molecule has 1 aliphatic rings. The van der Waals surface area contributed by atoms with Crippen molar-refractivity contribution in [1.82, 2.24) is 20.1 Å². The lowest BCUT2D eigenvalue weighted by molar-refractivity contribution is -0.123. The second-order valence-electron chi connectivity index (χ2n) is 5.54. The summed E-state index contributed by atoms with van der Waals surface area (Å²) in [5.41, 5.74) is 0.827. The molecule has 1 amide bonds. The number of rotatable bonds is 7. The SMILES string of the molecule is CCN1CCN(CC(=O)N[C@H](COC)c2ccccn2)CC1. The summed E-state index contributed by atoms with van der Waals surface area (Å²) in [6.07, 6.45) is 1.73. The van der Waals surface area contributed by atoms with E-state index in [0.717, 1.165) is 38.4 Å². The number of methoxy groups -OCH3 is 1. The highest BCUT2D eigenvalue weighted by Gasteiger charge is 2.20.